The Hall–Kier alpha value is -1.30. The monoisotopic (exact) mass is 297 g/mol. The van der Waals surface area contributed by atoms with Crippen LogP contribution >= 0.6 is 0 Å². The van der Waals surface area contributed by atoms with Gasteiger partial charge in [0.05, 0.1) is 0 Å². The highest BCUT2D eigenvalue weighted by molar-refractivity contribution is 5.73. The molecule has 0 aromatic heterocycles. The molecule has 2 heterocycles. The van der Waals surface area contributed by atoms with Crippen molar-refractivity contribution < 1.29 is 14.7 Å². The Morgan fingerprint density at radius 3 is 2.38 bits per heavy atom. The van der Waals surface area contributed by atoms with Crippen molar-refractivity contribution in [2.24, 2.45) is 0 Å². The quantitative estimate of drug-likeness (QED) is 0.856. The molecule has 3 atom stereocenters. The van der Waals surface area contributed by atoms with Crippen LogP contribution in [0.4, 0.5) is 4.79 Å². The molecule has 0 bridgehead atoms. The van der Waals surface area contributed by atoms with Crippen LogP contribution in [0.25, 0.3) is 0 Å². The zero-order valence-corrected chi connectivity index (χ0v) is 13.3. The first-order valence-corrected chi connectivity index (χ1v) is 7.94. The van der Waals surface area contributed by atoms with Crippen LogP contribution in [-0.4, -0.2) is 76.1 Å². The Bertz CT molecular complexity index is 402. The predicted molar refractivity (Wildman–Crippen MR) is 80.3 cm³/mol. The lowest BCUT2D eigenvalue weighted by atomic mass is 10.1. The predicted octanol–water partition coefficient (Wildman–Crippen LogP) is 1.46. The largest absolute Gasteiger partial charge is 0.465 e. The molecule has 2 amide bonds. The Labute approximate surface area is 126 Å². The van der Waals surface area contributed by atoms with Crippen LogP contribution in [0.15, 0.2) is 0 Å². The average molecular weight is 297 g/mol. The van der Waals surface area contributed by atoms with Crippen LogP contribution in [0.1, 0.15) is 40.0 Å². The van der Waals surface area contributed by atoms with E-state index in [-0.39, 0.29) is 24.0 Å². The number of hydrogen-bond acceptors (Lipinski definition) is 3. The third-order valence-corrected chi connectivity index (χ3v) is 4.90. The first-order valence-electron chi connectivity index (χ1n) is 7.94. The molecule has 2 aliphatic heterocycles. The van der Waals surface area contributed by atoms with Crippen molar-refractivity contribution in [2.75, 3.05) is 26.2 Å². The second kappa shape index (κ2) is 6.64. The fourth-order valence-electron chi connectivity index (χ4n) is 3.82. The molecule has 0 spiro atoms. The van der Waals surface area contributed by atoms with E-state index in [1.807, 2.05) is 4.90 Å². The van der Waals surface area contributed by atoms with Crippen LogP contribution in [0.3, 0.4) is 0 Å². The van der Waals surface area contributed by atoms with Gasteiger partial charge in [0.2, 0.25) is 5.91 Å². The summed E-state index contributed by atoms with van der Waals surface area (Å²) in [5, 5.41) is 9.44. The van der Waals surface area contributed by atoms with E-state index in [9.17, 15) is 14.7 Å². The summed E-state index contributed by atoms with van der Waals surface area (Å²) in [5.41, 5.74) is 0. The molecular formula is C15H27N3O3. The molecule has 0 aromatic carbocycles. The first-order chi connectivity index (χ1) is 9.93. The summed E-state index contributed by atoms with van der Waals surface area (Å²) in [7, 11) is 0. The van der Waals surface area contributed by atoms with Gasteiger partial charge in [-0.05, 0) is 26.2 Å². The molecule has 2 rings (SSSR count). The van der Waals surface area contributed by atoms with Crippen molar-refractivity contribution in [3.8, 4) is 0 Å². The van der Waals surface area contributed by atoms with Crippen LogP contribution in [0.2, 0.25) is 0 Å². The number of piperazine rings is 1. The zero-order valence-electron chi connectivity index (χ0n) is 13.3. The van der Waals surface area contributed by atoms with Crippen LogP contribution in [0, 0.1) is 0 Å². The van der Waals surface area contributed by atoms with Gasteiger partial charge in [0.15, 0.2) is 0 Å². The van der Waals surface area contributed by atoms with Crippen LogP contribution < -0.4 is 0 Å². The molecule has 2 saturated heterocycles. The lowest BCUT2D eigenvalue weighted by Crippen LogP contribution is -2.56. The van der Waals surface area contributed by atoms with E-state index in [1.54, 1.807) is 11.8 Å². The van der Waals surface area contributed by atoms with Gasteiger partial charge >= 0.3 is 6.09 Å². The summed E-state index contributed by atoms with van der Waals surface area (Å²) < 4.78 is 0. The van der Waals surface area contributed by atoms with E-state index in [0.717, 1.165) is 45.4 Å². The van der Waals surface area contributed by atoms with Gasteiger partial charge in [-0.15, -0.1) is 0 Å². The normalized spacial score (nSPS) is 30.7. The van der Waals surface area contributed by atoms with Crippen molar-refractivity contribution in [3.05, 3.63) is 0 Å². The van der Waals surface area contributed by atoms with Crippen molar-refractivity contribution >= 4 is 12.0 Å². The maximum atomic E-state index is 11.5. The minimum absolute atomic E-state index is 0.100. The highest BCUT2D eigenvalue weighted by Crippen LogP contribution is 2.27. The van der Waals surface area contributed by atoms with Crippen molar-refractivity contribution in [2.45, 2.75) is 58.2 Å². The molecule has 120 valence electrons. The Morgan fingerprint density at radius 1 is 1.19 bits per heavy atom. The standard InChI is InChI=1S/C15H27N3O3/c1-4-13-5-6-14(18(13)15(20)21)10-16-7-8-17(12(3)19)11(2)9-16/h11,13-14H,4-10H2,1-3H3,(H,20,21)/t11-,13-,14+/m1/s1. The molecular weight excluding hydrogens is 270 g/mol. The Morgan fingerprint density at radius 2 is 1.86 bits per heavy atom. The van der Waals surface area contributed by atoms with Crippen LogP contribution in [-0.2, 0) is 4.79 Å². The summed E-state index contributed by atoms with van der Waals surface area (Å²) >= 11 is 0. The summed E-state index contributed by atoms with van der Waals surface area (Å²) in [6.07, 6.45) is 2.01. The maximum Gasteiger partial charge on any atom is 0.407 e. The highest BCUT2D eigenvalue weighted by atomic mass is 16.4. The molecule has 6 heteroatoms. The number of likely N-dealkylation sites (tertiary alicyclic amines) is 1. The van der Waals surface area contributed by atoms with E-state index in [4.69, 9.17) is 0 Å². The van der Waals surface area contributed by atoms with Crippen molar-refractivity contribution in [3.63, 3.8) is 0 Å². The SMILES string of the molecule is CC[C@@H]1CC[C@@H](CN2CCN(C(C)=O)[C@H](C)C2)N1C(=O)O. The highest BCUT2D eigenvalue weighted by Gasteiger charge is 2.37. The van der Waals surface area contributed by atoms with E-state index < -0.39 is 6.09 Å². The van der Waals surface area contributed by atoms with Gasteiger partial charge in [0.25, 0.3) is 0 Å². The van der Waals surface area contributed by atoms with Gasteiger partial charge in [-0.25, -0.2) is 4.79 Å². The number of carbonyl (C=O) groups is 2. The average Bonchev–Trinajstić information content (AvgIpc) is 2.81. The van der Waals surface area contributed by atoms with Crippen molar-refractivity contribution in [1.29, 1.82) is 0 Å². The number of carboxylic acid groups (broad SMARTS) is 1. The van der Waals surface area contributed by atoms with Gasteiger partial charge in [-0.2, -0.15) is 0 Å². The Balaban J connectivity index is 1.93. The summed E-state index contributed by atoms with van der Waals surface area (Å²) in [6.45, 7) is 8.93. The Kier molecular flexibility index (Phi) is 5.08. The van der Waals surface area contributed by atoms with Crippen LogP contribution in [0.5, 0.6) is 0 Å². The molecule has 0 unspecified atom stereocenters. The lowest BCUT2D eigenvalue weighted by molar-refractivity contribution is -0.133. The molecule has 0 radical (unpaired) electrons. The third-order valence-electron chi connectivity index (χ3n) is 4.90. The number of amides is 2. The molecule has 1 N–H and O–H groups in total. The van der Waals surface area contributed by atoms with Crippen molar-refractivity contribution in [1.82, 2.24) is 14.7 Å². The molecule has 0 aliphatic carbocycles. The van der Waals surface area contributed by atoms with Gasteiger partial charge in [-0.1, -0.05) is 6.92 Å². The minimum Gasteiger partial charge on any atom is -0.465 e. The van der Waals surface area contributed by atoms with E-state index in [2.05, 4.69) is 18.7 Å². The number of nitrogens with zero attached hydrogens (tertiary/aromatic N) is 3. The van der Waals surface area contributed by atoms with Gasteiger partial charge < -0.3 is 14.9 Å². The van der Waals surface area contributed by atoms with E-state index in [1.165, 1.54) is 0 Å². The second-order valence-electron chi connectivity index (χ2n) is 6.30. The van der Waals surface area contributed by atoms with Gasteiger partial charge in [0, 0.05) is 51.2 Å². The molecule has 21 heavy (non-hydrogen) atoms. The van der Waals surface area contributed by atoms with E-state index in [0.29, 0.717) is 0 Å². The fourth-order valence-corrected chi connectivity index (χ4v) is 3.82. The molecule has 2 fully saturated rings. The lowest BCUT2D eigenvalue weighted by Gasteiger charge is -2.41. The zero-order chi connectivity index (χ0) is 15.6. The molecule has 0 aromatic rings. The van der Waals surface area contributed by atoms with Gasteiger partial charge in [0.1, 0.15) is 0 Å². The molecule has 0 saturated carbocycles. The molecule has 6 nitrogen and oxygen atoms in total. The number of hydrogen-bond donors (Lipinski definition) is 1. The van der Waals surface area contributed by atoms with E-state index >= 15 is 0 Å². The smallest absolute Gasteiger partial charge is 0.407 e. The second-order valence-corrected chi connectivity index (χ2v) is 6.30. The third kappa shape index (κ3) is 3.48. The van der Waals surface area contributed by atoms with Gasteiger partial charge in [-0.3, -0.25) is 9.69 Å². The minimum atomic E-state index is -0.792. The number of carbonyl (C=O) groups excluding carboxylic acids is 1. The summed E-state index contributed by atoms with van der Waals surface area (Å²) in [5.74, 6) is 0.126. The first kappa shape index (κ1) is 16.1. The summed E-state index contributed by atoms with van der Waals surface area (Å²) in [4.78, 5) is 28.8. The molecule has 2 aliphatic rings. The topological polar surface area (TPSA) is 64.1 Å². The fraction of sp³-hybridized carbons (Fsp3) is 0.867. The maximum absolute atomic E-state index is 11.5. The number of rotatable bonds is 3. The summed E-state index contributed by atoms with van der Waals surface area (Å²) in [6, 6.07) is 0.477.